The maximum Gasteiger partial charge on any atom is 0.321 e. The maximum atomic E-state index is 12.0. The molecule has 20 heavy (non-hydrogen) atoms. The number of nitrogens with one attached hydrogen (secondary N) is 1. The molecule has 0 aromatic heterocycles. The average molecular weight is 302 g/mol. The summed E-state index contributed by atoms with van der Waals surface area (Å²) in [7, 11) is 0. The number of carbonyl (C=O) groups is 2. The smallest absolute Gasteiger partial charge is 0.321 e. The van der Waals surface area contributed by atoms with Gasteiger partial charge in [0.2, 0.25) is 5.91 Å². The van der Waals surface area contributed by atoms with Crippen molar-refractivity contribution in [2.75, 3.05) is 24.6 Å². The van der Waals surface area contributed by atoms with Gasteiger partial charge in [0.05, 0.1) is 6.54 Å². The molecule has 1 rings (SSSR count). The van der Waals surface area contributed by atoms with Crippen molar-refractivity contribution in [1.29, 1.82) is 0 Å². The number of amides is 1. The fraction of sp³-hybridized carbons (Fsp3) is 0.857. The molecule has 2 unspecified atom stereocenters. The van der Waals surface area contributed by atoms with Gasteiger partial charge in [-0.15, -0.1) is 0 Å². The fourth-order valence-electron chi connectivity index (χ4n) is 2.22. The lowest BCUT2D eigenvalue weighted by atomic mass is 10.0. The molecule has 0 aliphatic carbocycles. The molecule has 0 radical (unpaired) electrons. The Balaban J connectivity index is 2.38. The van der Waals surface area contributed by atoms with Crippen LogP contribution in [0.2, 0.25) is 0 Å². The minimum Gasteiger partial charge on any atom is -0.480 e. The molecule has 6 heteroatoms. The number of rotatable bonds is 7. The van der Waals surface area contributed by atoms with E-state index in [9.17, 15) is 9.59 Å². The van der Waals surface area contributed by atoms with Gasteiger partial charge in [0.1, 0.15) is 6.04 Å². The summed E-state index contributed by atoms with van der Waals surface area (Å²) in [5.74, 6) is 1.17. The van der Waals surface area contributed by atoms with E-state index < -0.39 is 12.0 Å². The van der Waals surface area contributed by atoms with Gasteiger partial charge in [-0.25, -0.2) is 0 Å². The molecule has 0 spiro atoms. The number of hydrogen-bond acceptors (Lipinski definition) is 4. The highest BCUT2D eigenvalue weighted by Crippen LogP contribution is 2.16. The van der Waals surface area contributed by atoms with Gasteiger partial charge in [0.25, 0.3) is 0 Å². The first kappa shape index (κ1) is 17.3. The van der Waals surface area contributed by atoms with Crippen molar-refractivity contribution in [3.05, 3.63) is 0 Å². The Bertz CT molecular complexity index is 336. The molecule has 2 atom stereocenters. The Kier molecular flexibility index (Phi) is 7.37. The Morgan fingerprint density at radius 3 is 2.65 bits per heavy atom. The second kappa shape index (κ2) is 8.52. The zero-order valence-corrected chi connectivity index (χ0v) is 13.4. The number of carbonyl (C=O) groups excluding carboxylic acids is 1. The minimum atomic E-state index is -0.835. The summed E-state index contributed by atoms with van der Waals surface area (Å²) in [6, 6.07) is -0.391. The van der Waals surface area contributed by atoms with Gasteiger partial charge in [-0.1, -0.05) is 13.8 Å². The highest BCUT2D eigenvalue weighted by Gasteiger charge is 2.30. The number of thioether (sulfide) groups is 1. The molecule has 1 heterocycles. The van der Waals surface area contributed by atoms with Crippen LogP contribution in [0.5, 0.6) is 0 Å². The van der Waals surface area contributed by atoms with Gasteiger partial charge >= 0.3 is 5.97 Å². The first-order valence-corrected chi connectivity index (χ1v) is 8.39. The molecule has 116 valence electrons. The third kappa shape index (κ3) is 6.13. The van der Waals surface area contributed by atoms with Gasteiger partial charge in [-0.05, 0) is 25.7 Å². The van der Waals surface area contributed by atoms with E-state index in [2.05, 4.69) is 19.2 Å². The molecule has 1 aliphatic rings. The van der Waals surface area contributed by atoms with Crippen molar-refractivity contribution in [2.45, 2.75) is 45.7 Å². The summed E-state index contributed by atoms with van der Waals surface area (Å²) in [6.07, 6.45) is 2.04. The lowest BCUT2D eigenvalue weighted by Gasteiger charge is -2.32. The predicted octanol–water partition coefficient (Wildman–Crippen LogP) is 1.43. The summed E-state index contributed by atoms with van der Waals surface area (Å²) in [5.41, 5.74) is 0. The second-order valence-electron chi connectivity index (χ2n) is 5.84. The summed E-state index contributed by atoms with van der Waals surface area (Å²) in [4.78, 5) is 24.9. The van der Waals surface area contributed by atoms with Gasteiger partial charge in [0.15, 0.2) is 0 Å². The average Bonchev–Trinajstić information content (AvgIpc) is 2.36. The van der Waals surface area contributed by atoms with Crippen LogP contribution in [0, 0.1) is 5.92 Å². The Morgan fingerprint density at radius 1 is 1.35 bits per heavy atom. The molecule has 0 bridgehead atoms. The highest BCUT2D eigenvalue weighted by atomic mass is 32.2. The van der Waals surface area contributed by atoms with Crippen molar-refractivity contribution >= 4 is 23.6 Å². The lowest BCUT2D eigenvalue weighted by molar-refractivity contribution is -0.143. The van der Waals surface area contributed by atoms with Crippen LogP contribution in [0.25, 0.3) is 0 Å². The molecular weight excluding hydrogens is 276 g/mol. The van der Waals surface area contributed by atoms with E-state index in [-0.39, 0.29) is 18.5 Å². The van der Waals surface area contributed by atoms with Gasteiger partial charge < -0.3 is 10.4 Å². The molecule has 5 nitrogen and oxygen atoms in total. The van der Waals surface area contributed by atoms with Crippen molar-refractivity contribution in [2.24, 2.45) is 5.92 Å². The molecule has 0 saturated carbocycles. The fourth-order valence-corrected chi connectivity index (χ4v) is 3.32. The van der Waals surface area contributed by atoms with Crippen molar-refractivity contribution < 1.29 is 14.7 Å². The van der Waals surface area contributed by atoms with Crippen LogP contribution >= 0.6 is 11.8 Å². The summed E-state index contributed by atoms with van der Waals surface area (Å²) < 4.78 is 0. The van der Waals surface area contributed by atoms with Gasteiger partial charge in [-0.2, -0.15) is 11.8 Å². The van der Waals surface area contributed by atoms with Gasteiger partial charge in [0, 0.05) is 24.1 Å². The van der Waals surface area contributed by atoms with Crippen LogP contribution in [0.3, 0.4) is 0 Å². The molecule has 0 aromatic rings. The number of hydrogen-bond donors (Lipinski definition) is 2. The van der Waals surface area contributed by atoms with Crippen LogP contribution in [-0.2, 0) is 9.59 Å². The Hall–Kier alpha value is -0.750. The third-order valence-corrected chi connectivity index (χ3v) is 4.48. The van der Waals surface area contributed by atoms with E-state index in [4.69, 9.17) is 5.11 Å². The third-order valence-electron chi connectivity index (χ3n) is 3.46. The van der Waals surface area contributed by atoms with Crippen LogP contribution < -0.4 is 5.32 Å². The van der Waals surface area contributed by atoms with E-state index in [1.165, 1.54) is 0 Å². The van der Waals surface area contributed by atoms with Crippen LogP contribution in [0.1, 0.15) is 33.6 Å². The zero-order valence-electron chi connectivity index (χ0n) is 12.6. The van der Waals surface area contributed by atoms with E-state index in [1.807, 2.05) is 6.92 Å². The summed E-state index contributed by atoms with van der Waals surface area (Å²) in [5, 5.41) is 12.1. The lowest BCUT2D eigenvalue weighted by Crippen LogP contribution is -2.51. The maximum absolute atomic E-state index is 12.0. The normalized spacial score (nSPS) is 21.7. The number of carboxylic acid groups (broad SMARTS) is 1. The molecule has 2 N–H and O–H groups in total. The largest absolute Gasteiger partial charge is 0.480 e. The molecular formula is C14H26N2O3S. The summed E-state index contributed by atoms with van der Waals surface area (Å²) in [6.45, 7) is 7.18. The molecule has 1 saturated heterocycles. The number of carboxylic acids is 1. The minimum absolute atomic E-state index is 0.0700. The molecule has 1 aliphatic heterocycles. The van der Waals surface area contributed by atoms with Crippen LogP contribution in [-0.4, -0.2) is 58.6 Å². The van der Waals surface area contributed by atoms with E-state index in [0.29, 0.717) is 18.2 Å². The summed E-state index contributed by atoms with van der Waals surface area (Å²) >= 11 is 1.63. The predicted molar refractivity (Wildman–Crippen MR) is 82.0 cm³/mol. The SMILES string of the molecule is CC(C)CCC(C)NC(=O)CN1CCSCC1C(=O)O. The highest BCUT2D eigenvalue weighted by molar-refractivity contribution is 7.99. The standard InChI is InChI=1S/C14H26N2O3S/c1-10(2)4-5-11(3)15-13(17)8-16-6-7-20-9-12(16)14(18)19/h10-12H,4-9H2,1-3H3,(H,15,17)(H,18,19). The molecule has 1 fully saturated rings. The Labute approximate surface area is 125 Å². The molecule has 0 aromatic carbocycles. The monoisotopic (exact) mass is 302 g/mol. The first-order chi connectivity index (χ1) is 9.40. The van der Waals surface area contributed by atoms with Crippen LogP contribution in [0.15, 0.2) is 0 Å². The topological polar surface area (TPSA) is 69.6 Å². The van der Waals surface area contributed by atoms with E-state index in [1.54, 1.807) is 16.7 Å². The first-order valence-electron chi connectivity index (χ1n) is 7.24. The van der Waals surface area contributed by atoms with E-state index in [0.717, 1.165) is 18.6 Å². The molecule has 1 amide bonds. The van der Waals surface area contributed by atoms with Gasteiger partial charge in [-0.3, -0.25) is 14.5 Å². The zero-order chi connectivity index (χ0) is 15.1. The quantitative estimate of drug-likeness (QED) is 0.744. The van der Waals surface area contributed by atoms with Crippen molar-refractivity contribution in [3.63, 3.8) is 0 Å². The van der Waals surface area contributed by atoms with E-state index >= 15 is 0 Å². The number of nitrogens with zero attached hydrogens (tertiary/aromatic N) is 1. The van der Waals surface area contributed by atoms with Crippen molar-refractivity contribution in [3.8, 4) is 0 Å². The van der Waals surface area contributed by atoms with Crippen molar-refractivity contribution in [1.82, 2.24) is 10.2 Å². The second-order valence-corrected chi connectivity index (χ2v) is 6.99. The number of aliphatic carboxylic acids is 1. The van der Waals surface area contributed by atoms with Crippen LogP contribution in [0.4, 0.5) is 0 Å². The Morgan fingerprint density at radius 2 is 2.05 bits per heavy atom.